The van der Waals surface area contributed by atoms with Crippen molar-refractivity contribution in [2.45, 2.75) is 38.5 Å². The molecule has 0 radical (unpaired) electrons. The highest BCUT2D eigenvalue weighted by Gasteiger charge is 1.94. The molecular formula is C14H32N4. The number of rotatable bonds is 0. The van der Waals surface area contributed by atoms with Crippen LogP contribution in [-0.2, 0) is 0 Å². The van der Waals surface area contributed by atoms with Crippen LogP contribution in [0, 0.1) is 0 Å². The van der Waals surface area contributed by atoms with Gasteiger partial charge in [0.05, 0.1) is 0 Å². The van der Waals surface area contributed by atoms with Crippen LogP contribution in [0.25, 0.3) is 0 Å². The molecule has 0 saturated carbocycles. The van der Waals surface area contributed by atoms with Crippen LogP contribution in [0.4, 0.5) is 0 Å². The van der Waals surface area contributed by atoms with Gasteiger partial charge in [-0.3, -0.25) is 0 Å². The van der Waals surface area contributed by atoms with Gasteiger partial charge >= 0.3 is 0 Å². The smallest absolute Gasteiger partial charge is 0.00767 e. The van der Waals surface area contributed by atoms with Crippen LogP contribution in [0.5, 0.6) is 0 Å². The predicted octanol–water partition coefficient (Wildman–Crippen LogP) is 0.699. The molecule has 18 heavy (non-hydrogen) atoms. The van der Waals surface area contributed by atoms with Gasteiger partial charge in [-0.05, 0) is 77.8 Å². The normalized spacial score (nSPS) is 24.0. The summed E-state index contributed by atoms with van der Waals surface area (Å²) in [5.41, 5.74) is 0. The molecule has 108 valence electrons. The van der Waals surface area contributed by atoms with Crippen molar-refractivity contribution in [2.75, 3.05) is 52.4 Å². The fourth-order valence-corrected chi connectivity index (χ4v) is 2.18. The zero-order chi connectivity index (χ0) is 12.7. The molecule has 1 heterocycles. The Bertz CT molecular complexity index is 88.8. The van der Waals surface area contributed by atoms with Crippen molar-refractivity contribution in [2.24, 2.45) is 0 Å². The summed E-state index contributed by atoms with van der Waals surface area (Å²) >= 11 is 0. The predicted molar refractivity (Wildman–Crippen MR) is 79.2 cm³/mol. The van der Waals surface area contributed by atoms with Gasteiger partial charge in [0.15, 0.2) is 0 Å². The Morgan fingerprint density at radius 3 is 0.778 bits per heavy atom. The van der Waals surface area contributed by atoms with E-state index in [2.05, 4.69) is 21.3 Å². The first-order chi connectivity index (χ1) is 9.00. The van der Waals surface area contributed by atoms with Gasteiger partial charge in [0.1, 0.15) is 0 Å². The highest BCUT2D eigenvalue weighted by molar-refractivity contribution is 4.57. The summed E-state index contributed by atoms with van der Waals surface area (Å²) in [6.45, 7) is 9.23. The Hall–Kier alpha value is -0.160. The average Bonchev–Trinajstić information content (AvgIpc) is 2.39. The van der Waals surface area contributed by atoms with Crippen LogP contribution in [0.2, 0.25) is 0 Å². The molecular weight excluding hydrogens is 224 g/mol. The minimum absolute atomic E-state index is 1.10. The fraction of sp³-hybridized carbons (Fsp3) is 1.00. The highest BCUT2D eigenvalue weighted by atomic mass is 14.9. The second-order valence-corrected chi connectivity index (χ2v) is 5.12. The standard InChI is InChI=1S/C14H32N4/c1-2-8-16-10-4-6-12-18-14-13-17-11-5-3-9-15-7-1/h15-18H,1-14H2. The van der Waals surface area contributed by atoms with Crippen molar-refractivity contribution in [3.8, 4) is 0 Å². The molecule has 0 aliphatic carbocycles. The molecule has 4 heteroatoms. The maximum absolute atomic E-state index is 3.52. The maximum atomic E-state index is 3.52. The average molecular weight is 256 g/mol. The summed E-state index contributed by atoms with van der Waals surface area (Å²) in [6, 6.07) is 0. The van der Waals surface area contributed by atoms with Crippen LogP contribution in [0.15, 0.2) is 0 Å². The first-order valence-electron chi connectivity index (χ1n) is 7.83. The monoisotopic (exact) mass is 256 g/mol. The van der Waals surface area contributed by atoms with E-state index in [0.29, 0.717) is 0 Å². The largest absolute Gasteiger partial charge is 0.317 e. The van der Waals surface area contributed by atoms with E-state index in [1.807, 2.05) is 0 Å². The molecule has 0 spiro atoms. The molecule has 0 amide bonds. The van der Waals surface area contributed by atoms with Crippen molar-refractivity contribution >= 4 is 0 Å². The van der Waals surface area contributed by atoms with Crippen molar-refractivity contribution in [3.63, 3.8) is 0 Å². The fourth-order valence-electron chi connectivity index (χ4n) is 2.18. The van der Waals surface area contributed by atoms with E-state index in [-0.39, 0.29) is 0 Å². The molecule has 1 aliphatic rings. The Morgan fingerprint density at radius 1 is 0.278 bits per heavy atom. The van der Waals surface area contributed by atoms with Crippen LogP contribution < -0.4 is 21.3 Å². The van der Waals surface area contributed by atoms with Crippen molar-refractivity contribution in [3.05, 3.63) is 0 Å². The molecule has 0 aromatic rings. The first-order valence-corrected chi connectivity index (χ1v) is 7.83. The van der Waals surface area contributed by atoms with E-state index in [1.165, 1.54) is 64.7 Å². The topological polar surface area (TPSA) is 48.1 Å². The summed E-state index contributed by atoms with van der Waals surface area (Å²) in [4.78, 5) is 0. The highest BCUT2D eigenvalue weighted by Crippen LogP contribution is 1.89. The van der Waals surface area contributed by atoms with Gasteiger partial charge in [0, 0.05) is 13.1 Å². The van der Waals surface area contributed by atoms with Gasteiger partial charge < -0.3 is 21.3 Å². The van der Waals surface area contributed by atoms with Crippen molar-refractivity contribution in [1.29, 1.82) is 0 Å². The first kappa shape index (κ1) is 15.9. The van der Waals surface area contributed by atoms with Gasteiger partial charge in [-0.2, -0.15) is 0 Å². The third kappa shape index (κ3) is 11.0. The second kappa shape index (κ2) is 13.3. The molecule has 0 aromatic carbocycles. The van der Waals surface area contributed by atoms with E-state index >= 15 is 0 Å². The van der Waals surface area contributed by atoms with Crippen LogP contribution >= 0.6 is 0 Å². The van der Waals surface area contributed by atoms with E-state index in [4.69, 9.17) is 0 Å². The van der Waals surface area contributed by atoms with Crippen LogP contribution in [-0.4, -0.2) is 52.4 Å². The zero-order valence-electron chi connectivity index (χ0n) is 11.9. The summed E-state index contributed by atoms with van der Waals surface area (Å²) in [7, 11) is 0. The number of nitrogens with one attached hydrogen (secondary N) is 4. The van der Waals surface area contributed by atoms with E-state index in [1.54, 1.807) is 0 Å². The minimum atomic E-state index is 1.10. The lowest BCUT2D eigenvalue weighted by Crippen LogP contribution is -2.29. The molecule has 4 N–H and O–H groups in total. The summed E-state index contributed by atoms with van der Waals surface area (Å²) < 4.78 is 0. The lowest BCUT2D eigenvalue weighted by atomic mass is 10.2. The molecule has 1 rings (SSSR count). The van der Waals surface area contributed by atoms with E-state index < -0.39 is 0 Å². The van der Waals surface area contributed by atoms with Crippen LogP contribution in [0.1, 0.15) is 38.5 Å². The molecule has 0 unspecified atom stereocenters. The summed E-state index contributed by atoms with van der Waals surface area (Å²) in [5, 5.41) is 14.0. The van der Waals surface area contributed by atoms with Crippen LogP contribution in [0.3, 0.4) is 0 Å². The third-order valence-corrected chi connectivity index (χ3v) is 3.35. The van der Waals surface area contributed by atoms with E-state index in [9.17, 15) is 0 Å². The minimum Gasteiger partial charge on any atom is -0.317 e. The quantitative estimate of drug-likeness (QED) is 0.515. The third-order valence-electron chi connectivity index (χ3n) is 3.35. The molecule has 4 nitrogen and oxygen atoms in total. The second-order valence-electron chi connectivity index (χ2n) is 5.12. The van der Waals surface area contributed by atoms with Gasteiger partial charge in [-0.25, -0.2) is 0 Å². The van der Waals surface area contributed by atoms with Gasteiger partial charge in [0.2, 0.25) is 0 Å². The lowest BCUT2D eigenvalue weighted by molar-refractivity contribution is 0.525. The molecule has 1 aliphatic heterocycles. The Balaban J connectivity index is 2.00. The molecule has 1 fully saturated rings. The van der Waals surface area contributed by atoms with Crippen molar-refractivity contribution in [1.82, 2.24) is 21.3 Å². The Kier molecular flexibility index (Phi) is 11.7. The Morgan fingerprint density at radius 2 is 0.500 bits per heavy atom. The van der Waals surface area contributed by atoms with Gasteiger partial charge in [-0.1, -0.05) is 0 Å². The van der Waals surface area contributed by atoms with Crippen molar-refractivity contribution < 1.29 is 0 Å². The number of hydrogen-bond acceptors (Lipinski definition) is 4. The SMILES string of the molecule is C1CCNCCCCNCCNCCCCNC1. The molecule has 0 atom stereocenters. The lowest BCUT2D eigenvalue weighted by Gasteiger charge is -2.09. The van der Waals surface area contributed by atoms with Gasteiger partial charge in [-0.15, -0.1) is 0 Å². The molecule has 0 aromatic heterocycles. The molecule has 0 bridgehead atoms. The molecule has 1 saturated heterocycles. The summed E-state index contributed by atoms with van der Waals surface area (Å²) in [5.74, 6) is 0. The van der Waals surface area contributed by atoms with Gasteiger partial charge in [0.25, 0.3) is 0 Å². The zero-order valence-corrected chi connectivity index (χ0v) is 11.9. The Labute approximate surface area is 113 Å². The van der Waals surface area contributed by atoms with E-state index in [0.717, 1.165) is 26.2 Å². The number of hydrogen-bond donors (Lipinski definition) is 4. The summed E-state index contributed by atoms with van der Waals surface area (Å²) in [6.07, 6.45) is 7.75. The maximum Gasteiger partial charge on any atom is 0.00767 e.